The van der Waals surface area contributed by atoms with Gasteiger partial charge in [-0.2, -0.15) is 0 Å². The average Bonchev–Trinajstić information content (AvgIpc) is 2.95. The van der Waals surface area contributed by atoms with Gasteiger partial charge in [0.05, 0.1) is 17.7 Å². The predicted molar refractivity (Wildman–Crippen MR) is 153 cm³/mol. The Balaban J connectivity index is 2.00. The van der Waals surface area contributed by atoms with E-state index < -0.39 is 34.3 Å². The van der Waals surface area contributed by atoms with Gasteiger partial charge in [0.15, 0.2) is 0 Å². The molecule has 1 atom stereocenters. The van der Waals surface area contributed by atoms with Crippen LogP contribution < -0.4 is 14.4 Å². The molecular formula is C29H33ClFN3O5S. The molecule has 2 amide bonds. The molecule has 3 aromatic rings. The normalized spacial score (nSPS) is 11.9. The Bertz CT molecular complexity index is 1400. The van der Waals surface area contributed by atoms with Gasteiger partial charge in [-0.25, -0.2) is 12.8 Å². The first-order valence-corrected chi connectivity index (χ1v) is 14.6. The number of hydrogen-bond acceptors (Lipinski definition) is 5. The van der Waals surface area contributed by atoms with E-state index in [1.165, 1.54) is 72.7 Å². The summed E-state index contributed by atoms with van der Waals surface area (Å²) in [6, 6.07) is 16.6. The van der Waals surface area contributed by atoms with E-state index in [-0.39, 0.29) is 28.1 Å². The zero-order valence-electron chi connectivity index (χ0n) is 22.6. The Kier molecular flexibility index (Phi) is 10.9. The molecule has 214 valence electrons. The molecule has 3 rings (SSSR count). The Labute approximate surface area is 239 Å². The molecule has 40 heavy (non-hydrogen) atoms. The summed E-state index contributed by atoms with van der Waals surface area (Å²) >= 11 is 6.18. The highest BCUT2D eigenvalue weighted by molar-refractivity contribution is 7.92. The standard InChI is InChI=1S/C29H33ClFN3O5S/c1-4-5-17-32-29(36)21(2)33(19-22-9-11-24(31)12-10-22)28(35)20-34(25-8-6-7-23(30)18-25)40(37,38)27-15-13-26(39-3)14-16-27/h6-16,18,21H,4-5,17,19-20H2,1-3H3,(H,32,36)/t21-/m1/s1. The van der Waals surface area contributed by atoms with Gasteiger partial charge in [0, 0.05) is 18.1 Å². The van der Waals surface area contributed by atoms with E-state index in [2.05, 4.69) is 5.32 Å². The molecular weight excluding hydrogens is 557 g/mol. The molecule has 0 unspecified atom stereocenters. The van der Waals surface area contributed by atoms with Crippen LogP contribution >= 0.6 is 11.6 Å². The maximum absolute atomic E-state index is 13.9. The first kappa shape index (κ1) is 30.9. The molecule has 0 aliphatic heterocycles. The molecule has 0 aromatic heterocycles. The van der Waals surface area contributed by atoms with Gasteiger partial charge in [-0.15, -0.1) is 0 Å². The number of carbonyl (C=O) groups excluding carboxylic acids is 2. The zero-order valence-corrected chi connectivity index (χ0v) is 24.2. The number of benzene rings is 3. The number of unbranched alkanes of at least 4 members (excludes halogenated alkanes) is 1. The number of ether oxygens (including phenoxy) is 1. The van der Waals surface area contributed by atoms with E-state index in [9.17, 15) is 22.4 Å². The van der Waals surface area contributed by atoms with Crippen molar-refractivity contribution in [3.63, 3.8) is 0 Å². The maximum atomic E-state index is 13.9. The van der Waals surface area contributed by atoms with E-state index in [1.807, 2.05) is 6.92 Å². The van der Waals surface area contributed by atoms with Gasteiger partial charge in [0.1, 0.15) is 24.2 Å². The lowest BCUT2D eigenvalue weighted by atomic mass is 10.1. The first-order chi connectivity index (χ1) is 19.1. The summed E-state index contributed by atoms with van der Waals surface area (Å²) in [6.45, 7) is 3.37. The lowest BCUT2D eigenvalue weighted by Crippen LogP contribution is -2.51. The summed E-state index contributed by atoms with van der Waals surface area (Å²) < 4.78 is 47.3. The predicted octanol–water partition coefficient (Wildman–Crippen LogP) is 5.02. The Morgan fingerprint density at radius 1 is 1.05 bits per heavy atom. The van der Waals surface area contributed by atoms with Crippen LogP contribution in [-0.4, -0.2) is 51.4 Å². The Morgan fingerprint density at radius 3 is 2.33 bits per heavy atom. The molecule has 0 heterocycles. The first-order valence-electron chi connectivity index (χ1n) is 12.8. The minimum absolute atomic E-state index is 0.0343. The number of anilines is 1. The van der Waals surface area contributed by atoms with Crippen LogP contribution in [0, 0.1) is 5.82 Å². The van der Waals surface area contributed by atoms with Crippen LogP contribution in [0.15, 0.2) is 77.7 Å². The second-order valence-electron chi connectivity index (χ2n) is 9.14. The van der Waals surface area contributed by atoms with Crippen molar-refractivity contribution < 1.29 is 27.1 Å². The highest BCUT2D eigenvalue weighted by Gasteiger charge is 2.32. The zero-order chi connectivity index (χ0) is 29.3. The second kappa shape index (κ2) is 14.1. The summed E-state index contributed by atoms with van der Waals surface area (Å²) in [4.78, 5) is 28.0. The largest absolute Gasteiger partial charge is 0.497 e. The molecule has 3 aromatic carbocycles. The summed E-state index contributed by atoms with van der Waals surface area (Å²) in [6.07, 6.45) is 1.65. The average molecular weight is 590 g/mol. The van der Waals surface area contributed by atoms with Crippen molar-refractivity contribution in [1.29, 1.82) is 0 Å². The van der Waals surface area contributed by atoms with E-state index in [1.54, 1.807) is 19.1 Å². The number of rotatable bonds is 13. The van der Waals surface area contributed by atoms with E-state index in [0.29, 0.717) is 17.9 Å². The molecule has 1 N–H and O–H groups in total. The van der Waals surface area contributed by atoms with Gasteiger partial charge in [-0.1, -0.05) is 43.1 Å². The third kappa shape index (κ3) is 7.95. The third-order valence-corrected chi connectivity index (χ3v) is 8.31. The number of halogens is 2. The minimum atomic E-state index is -4.24. The van der Waals surface area contributed by atoms with Crippen LogP contribution in [0.2, 0.25) is 5.02 Å². The van der Waals surface area contributed by atoms with E-state index >= 15 is 0 Å². The fourth-order valence-electron chi connectivity index (χ4n) is 3.94. The van der Waals surface area contributed by atoms with Crippen molar-refractivity contribution in [3.8, 4) is 5.75 Å². The monoisotopic (exact) mass is 589 g/mol. The summed E-state index contributed by atoms with van der Waals surface area (Å²) in [5, 5.41) is 3.10. The van der Waals surface area contributed by atoms with Crippen molar-refractivity contribution in [2.45, 2.75) is 44.2 Å². The smallest absolute Gasteiger partial charge is 0.264 e. The summed E-state index contributed by atoms with van der Waals surface area (Å²) in [7, 11) is -2.78. The molecule has 0 aliphatic rings. The Hall–Kier alpha value is -3.63. The van der Waals surface area contributed by atoms with Crippen LogP contribution in [0.3, 0.4) is 0 Å². The number of amides is 2. The topological polar surface area (TPSA) is 96.0 Å². The van der Waals surface area contributed by atoms with Crippen LogP contribution in [-0.2, 0) is 26.2 Å². The lowest BCUT2D eigenvalue weighted by Gasteiger charge is -2.32. The maximum Gasteiger partial charge on any atom is 0.264 e. The van der Waals surface area contributed by atoms with Crippen molar-refractivity contribution >= 4 is 39.1 Å². The molecule has 0 radical (unpaired) electrons. The quantitative estimate of drug-likeness (QED) is 0.283. The van der Waals surface area contributed by atoms with Crippen molar-refractivity contribution in [2.75, 3.05) is 24.5 Å². The minimum Gasteiger partial charge on any atom is -0.497 e. The van der Waals surface area contributed by atoms with Crippen LogP contribution in [0.4, 0.5) is 10.1 Å². The molecule has 0 bridgehead atoms. The van der Waals surface area contributed by atoms with E-state index in [4.69, 9.17) is 16.3 Å². The number of hydrogen-bond donors (Lipinski definition) is 1. The summed E-state index contributed by atoms with van der Waals surface area (Å²) in [5.74, 6) is -0.974. The van der Waals surface area contributed by atoms with Gasteiger partial charge in [0.2, 0.25) is 11.8 Å². The molecule has 0 spiro atoms. The highest BCUT2D eigenvalue weighted by atomic mass is 35.5. The Morgan fingerprint density at radius 2 is 1.73 bits per heavy atom. The molecule has 11 heteroatoms. The highest BCUT2D eigenvalue weighted by Crippen LogP contribution is 2.28. The van der Waals surface area contributed by atoms with Crippen LogP contribution in [0.5, 0.6) is 5.75 Å². The fraction of sp³-hybridized carbons (Fsp3) is 0.310. The van der Waals surface area contributed by atoms with Crippen molar-refractivity contribution in [3.05, 3.63) is 89.2 Å². The molecule has 8 nitrogen and oxygen atoms in total. The summed E-state index contributed by atoms with van der Waals surface area (Å²) in [5.41, 5.74) is 0.758. The number of methoxy groups -OCH3 is 1. The van der Waals surface area contributed by atoms with Gasteiger partial charge < -0.3 is 15.0 Å². The number of nitrogens with one attached hydrogen (secondary N) is 1. The fourth-order valence-corrected chi connectivity index (χ4v) is 5.53. The molecule has 0 saturated heterocycles. The molecule has 0 fully saturated rings. The third-order valence-electron chi connectivity index (χ3n) is 6.29. The van der Waals surface area contributed by atoms with Crippen LogP contribution in [0.25, 0.3) is 0 Å². The van der Waals surface area contributed by atoms with Crippen molar-refractivity contribution in [2.24, 2.45) is 0 Å². The van der Waals surface area contributed by atoms with Gasteiger partial charge in [-0.05, 0) is 73.5 Å². The second-order valence-corrected chi connectivity index (χ2v) is 11.4. The van der Waals surface area contributed by atoms with Gasteiger partial charge in [0.25, 0.3) is 10.0 Å². The number of sulfonamides is 1. The van der Waals surface area contributed by atoms with Gasteiger partial charge in [-0.3, -0.25) is 13.9 Å². The van der Waals surface area contributed by atoms with Gasteiger partial charge >= 0.3 is 0 Å². The number of nitrogens with zero attached hydrogens (tertiary/aromatic N) is 2. The molecule has 0 aliphatic carbocycles. The lowest BCUT2D eigenvalue weighted by molar-refractivity contribution is -0.139. The van der Waals surface area contributed by atoms with E-state index in [0.717, 1.165) is 17.1 Å². The molecule has 0 saturated carbocycles. The number of carbonyl (C=O) groups is 2. The SMILES string of the molecule is CCCCNC(=O)[C@@H](C)N(Cc1ccc(F)cc1)C(=O)CN(c1cccc(Cl)c1)S(=O)(=O)c1ccc(OC)cc1. The van der Waals surface area contributed by atoms with Crippen molar-refractivity contribution in [1.82, 2.24) is 10.2 Å². The van der Waals surface area contributed by atoms with Crippen LogP contribution in [0.1, 0.15) is 32.3 Å².